The number of nitrogens with zero attached hydrogens (tertiary/aromatic N) is 1. The average molecular weight is 393 g/mol. The third-order valence-corrected chi connectivity index (χ3v) is 6.04. The second-order valence-corrected chi connectivity index (χ2v) is 8.21. The Morgan fingerprint density at radius 3 is 2.81 bits per heavy atom. The summed E-state index contributed by atoms with van der Waals surface area (Å²) in [6.45, 7) is 7.14. The van der Waals surface area contributed by atoms with Crippen molar-refractivity contribution in [2.75, 3.05) is 6.61 Å². The second-order valence-electron chi connectivity index (χ2n) is 7.80. The van der Waals surface area contributed by atoms with Crippen molar-refractivity contribution in [1.29, 1.82) is 0 Å². The van der Waals surface area contributed by atoms with Crippen LogP contribution in [0.2, 0.25) is 5.02 Å². The van der Waals surface area contributed by atoms with Gasteiger partial charge in [-0.15, -0.1) is 0 Å². The highest BCUT2D eigenvalue weighted by molar-refractivity contribution is 6.32. The lowest BCUT2D eigenvalue weighted by atomic mass is 9.77. The number of aromatic hydroxyl groups is 1. The molecule has 0 amide bonds. The summed E-state index contributed by atoms with van der Waals surface area (Å²) in [7, 11) is 0. The first-order valence-corrected chi connectivity index (χ1v) is 10.2. The summed E-state index contributed by atoms with van der Waals surface area (Å²) in [6, 6.07) is 3.64. The first kappa shape index (κ1) is 19.9. The lowest BCUT2D eigenvalue weighted by Crippen LogP contribution is -2.42. The molecule has 1 saturated carbocycles. The molecule has 0 bridgehead atoms. The van der Waals surface area contributed by atoms with E-state index < -0.39 is 0 Å². The maximum Gasteiger partial charge on any atom is 0.157 e. The summed E-state index contributed by atoms with van der Waals surface area (Å²) in [4.78, 5) is 13.8. The summed E-state index contributed by atoms with van der Waals surface area (Å²) in [5, 5.41) is 13.6. The molecule has 1 aromatic rings. The van der Waals surface area contributed by atoms with Gasteiger partial charge in [-0.05, 0) is 45.7 Å². The van der Waals surface area contributed by atoms with Crippen LogP contribution in [0.3, 0.4) is 0 Å². The number of ether oxygens (including phenoxy) is 1. The first-order chi connectivity index (χ1) is 12.9. The molecule has 3 unspecified atom stereocenters. The number of rotatable bonds is 6. The fraction of sp³-hybridized carbons (Fsp3) is 0.571. The van der Waals surface area contributed by atoms with Crippen molar-refractivity contribution in [2.45, 2.75) is 58.7 Å². The van der Waals surface area contributed by atoms with Crippen molar-refractivity contribution >= 4 is 17.9 Å². The summed E-state index contributed by atoms with van der Waals surface area (Å²) in [6.07, 6.45) is 7.72. The normalized spacial score (nSPS) is 25.3. The maximum atomic E-state index is 11.4. The van der Waals surface area contributed by atoms with Crippen LogP contribution in [0.15, 0.2) is 24.0 Å². The molecule has 1 aliphatic carbocycles. The van der Waals surface area contributed by atoms with Crippen LogP contribution in [0, 0.1) is 11.8 Å². The third kappa shape index (κ3) is 4.03. The lowest BCUT2D eigenvalue weighted by Gasteiger charge is -2.39. The summed E-state index contributed by atoms with van der Waals surface area (Å²) >= 11 is 5.90. The van der Waals surface area contributed by atoms with E-state index >= 15 is 0 Å². The van der Waals surface area contributed by atoms with Crippen LogP contribution in [0.25, 0.3) is 0 Å². The number of aldehydes is 1. The van der Waals surface area contributed by atoms with Crippen molar-refractivity contribution in [3.63, 3.8) is 0 Å². The molecule has 6 heteroatoms. The van der Waals surface area contributed by atoms with Crippen LogP contribution in [0.4, 0.5) is 0 Å². The highest BCUT2D eigenvalue weighted by Crippen LogP contribution is 2.40. The van der Waals surface area contributed by atoms with E-state index in [2.05, 4.69) is 37.2 Å². The van der Waals surface area contributed by atoms with Crippen LogP contribution in [0.5, 0.6) is 11.5 Å². The summed E-state index contributed by atoms with van der Waals surface area (Å²) in [5.41, 5.74) is 1.48. The van der Waals surface area contributed by atoms with E-state index in [-0.39, 0.29) is 16.3 Å². The van der Waals surface area contributed by atoms with Crippen LogP contribution in [-0.2, 0) is 0 Å². The molecule has 1 heterocycles. The van der Waals surface area contributed by atoms with Gasteiger partial charge in [0.25, 0.3) is 0 Å². The zero-order valence-corrected chi connectivity index (χ0v) is 17.0. The van der Waals surface area contributed by atoms with Crippen molar-refractivity contribution in [3.05, 3.63) is 34.6 Å². The Bertz CT molecular complexity index is 720. The number of halogens is 1. The fourth-order valence-corrected chi connectivity index (χ4v) is 4.59. The van der Waals surface area contributed by atoms with Crippen LogP contribution >= 0.6 is 11.6 Å². The van der Waals surface area contributed by atoms with Crippen molar-refractivity contribution < 1.29 is 14.6 Å². The molecular weight excluding hydrogens is 364 g/mol. The molecule has 0 aromatic heterocycles. The number of nitrogens with one attached hydrogen (secondary N) is 1. The number of allylic oxidation sites excluding steroid dienone is 1. The first-order valence-electron chi connectivity index (χ1n) is 9.78. The lowest BCUT2D eigenvalue weighted by molar-refractivity contribution is 0.110. The molecule has 0 spiro atoms. The monoisotopic (exact) mass is 392 g/mol. The SMILES string of the molecule is CC(C)N1C(C2CCCCC2COc2ccc(Cl)c(O)c2C=O)=CNC1C. The van der Waals surface area contributed by atoms with E-state index in [1.54, 1.807) is 12.1 Å². The molecule has 2 N–H and O–H groups in total. The number of hydrogen-bond donors (Lipinski definition) is 2. The van der Waals surface area contributed by atoms with Crippen LogP contribution in [0.1, 0.15) is 56.8 Å². The van der Waals surface area contributed by atoms with Gasteiger partial charge in [-0.3, -0.25) is 4.79 Å². The molecule has 1 aliphatic heterocycles. The molecule has 0 saturated heterocycles. The Morgan fingerprint density at radius 2 is 2.11 bits per heavy atom. The minimum absolute atomic E-state index is 0.119. The minimum Gasteiger partial charge on any atom is -0.505 e. The van der Waals surface area contributed by atoms with Gasteiger partial charge in [0.15, 0.2) is 6.29 Å². The Morgan fingerprint density at radius 1 is 1.37 bits per heavy atom. The highest BCUT2D eigenvalue weighted by Gasteiger charge is 2.36. The van der Waals surface area contributed by atoms with Gasteiger partial charge in [0.1, 0.15) is 11.5 Å². The molecule has 1 fully saturated rings. The number of carbonyl (C=O) groups excluding carboxylic acids is 1. The van der Waals surface area contributed by atoms with Gasteiger partial charge >= 0.3 is 0 Å². The highest BCUT2D eigenvalue weighted by atomic mass is 35.5. The largest absolute Gasteiger partial charge is 0.505 e. The quantitative estimate of drug-likeness (QED) is 0.695. The van der Waals surface area contributed by atoms with Gasteiger partial charge in [0.05, 0.1) is 23.4 Å². The third-order valence-electron chi connectivity index (χ3n) is 5.73. The Kier molecular flexibility index (Phi) is 6.20. The molecule has 3 atom stereocenters. The maximum absolute atomic E-state index is 11.4. The van der Waals surface area contributed by atoms with E-state index in [1.165, 1.54) is 18.5 Å². The van der Waals surface area contributed by atoms with Gasteiger partial charge < -0.3 is 20.1 Å². The van der Waals surface area contributed by atoms with E-state index in [1.807, 2.05) is 0 Å². The minimum atomic E-state index is -0.216. The number of phenols is 1. The Labute approximate surface area is 166 Å². The van der Waals surface area contributed by atoms with E-state index in [0.29, 0.717) is 42.7 Å². The standard InChI is InChI=1S/C21H29ClN2O3/c1-13(2)24-14(3)23-10-19(24)16-7-5-4-6-15(16)12-27-20-9-8-18(22)21(26)17(20)11-25/h8-11,13-16,23,26H,4-7,12H2,1-3H3. The summed E-state index contributed by atoms with van der Waals surface area (Å²) in [5.74, 6) is 0.977. The number of hydrogen-bond acceptors (Lipinski definition) is 5. The van der Waals surface area contributed by atoms with E-state index in [4.69, 9.17) is 16.3 Å². The van der Waals surface area contributed by atoms with Crippen molar-refractivity contribution in [3.8, 4) is 11.5 Å². The van der Waals surface area contributed by atoms with E-state index in [0.717, 1.165) is 12.8 Å². The molecular formula is C21H29ClN2O3. The molecule has 2 aliphatic rings. The molecule has 5 nitrogen and oxygen atoms in total. The Hall–Kier alpha value is -1.88. The van der Waals surface area contributed by atoms with Gasteiger partial charge in [0.2, 0.25) is 0 Å². The number of benzene rings is 1. The van der Waals surface area contributed by atoms with Gasteiger partial charge in [-0.2, -0.15) is 0 Å². The predicted octanol–water partition coefficient (Wildman–Crippen LogP) is 4.54. The summed E-state index contributed by atoms with van der Waals surface area (Å²) < 4.78 is 6.00. The molecule has 1 aromatic carbocycles. The zero-order chi connectivity index (χ0) is 19.6. The smallest absolute Gasteiger partial charge is 0.157 e. The van der Waals surface area contributed by atoms with Crippen LogP contribution < -0.4 is 10.1 Å². The van der Waals surface area contributed by atoms with Gasteiger partial charge in [0, 0.05) is 29.8 Å². The second kappa shape index (κ2) is 8.42. The molecule has 27 heavy (non-hydrogen) atoms. The number of carbonyl (C=O) groups is 1. The zero-order valence-electron chi connectivity index (χ0n) is 16.2. The topological polar surface area (TPSA) is 61.8 Å². The molecule has 3 rings (SSSR count). The van der Waals surface area contributed by atoms with Gasteiger partial charge in [-0.1, -0.05) is 24.4 Å². The van der Waals surface area contributed by atoms with Crippen molar-refractivity contribution in [2.24, 2.45) is 11.8 Å². The number of phenolic OH excluding ortho intramolecular Hbond substituents is 1. The average Bonchev–Trinajstić information content (AvgIpc) is 3.04. The molecule has 0 radical (unpaired) electrons. The fourth-order valence-electron chi connectivity index (χ4n) is 4.42. The van der Waals surface area contributed by atoms with Crippen molar-refractivity contribution in [1.82, 2.24) is 10.2 Å². The van der Waals surface area contributed by atoms with E-state index in [9.17, 15) is 9.90 Å². The molecule has 148 valence electrons. The Balaban J connectivity index is 1.76. The van der Waals surface area contributed by atoms with Crippen LogP contribution in [-0.4, -0.2) is 35.1 Å². The van der Waals surface area contributed by atoms with Gasteiger partial charge in [-0.25, -0.2) is 0 Å². The predicted molar refractivity (Wildman–Crippen MR) is 107 cm³/mol.